The molecule has 0 radical (unpaired) electrons. The summed E-state index contributed by atoms with van der Waals surface area (Å²) >= 11 is 0. The summed E-state index contributed by atoms with van der Waals surface area (Å²) in [6, 6.07) is 3.51. The molecule has 4 nitrogen and oxygen atoms in total. The van der Waals surface area contributed by atoms with Crippen LogP contribution in [0.15, 0.2) is 18.2 Å². The number of carbonyl (C=O) groups excluding carboxylic acids is 1. The minimum Gasteiger partial charge on any atom is -0.494 e. The van der Waals surface area contributed by atoms with Crippen LogP contribution >= 0.6 is 0 Å². The normalized spacial score (nSPS) is 11.8. The molecule has 1 N–H and O–H groups in total. The van der Waals surface area contributed by atoms with Crippen LogP contribution in [0.25, 0.3) is 0 Å². The van der Waals surface area contributed by atoms with E-state index in [1.165, 1.54) is 32.4 Å². The third-order valence-electron chi connectivity index (χ3n) is 2.09. The lowest BCUT2D eigenvalue weighted by atomic mass is 10.2. The van der Waals surface area contributed by atoms with Crippen molar-refractivity contribution in [3.63, 3.8) is 0 Å². The average molecular weight is 227 g/mol. The van der Waals surface area contributed by atoms with Gasteiger partial charge >= 0.3 is 5.97 Å². The van der Waals surface area contributed by atoms with Gasteiger partial charge < -0.3 is 14.8 Å². The van der Waals surface area contributed by atoms with E-state index in [2.05, 4.69) is 10.1 Å². The lowest BCUT2D eigenvalue weighted by molar-refractivity contribution is -0.141. The molecule has 1 rings (SSSR count). The van der Waals surface area contributed by atoms with Crippen molar-refractivity contribution in [1.29, 1.82) is 0 Å². The fraction of sp³-hybridized carbons (Fsp3) is 0.364. The molecule has 0 spiro atoms. The fourth-order valence-electron chi connectivity index (χ4n) is 1.25. The number of hydrogen-bond acceptors (Lipinski definition) is 4. The monoisotopic (exact) mass is 227 g/mol. The second kappa shape index (κ2) is 5.34. The van der Waals surface area contributed by atoms with Gasteiger partial charge in [-0.05, 0) is 19.1 Å². The zero-order valence-electron chi connectivity index (χ0n) is 9.41. The van der Waals surface area contributed by atoms with Crippen LogP contribution in [0.3, 0.4) is 0 Å². The number of methoxy groups -OCH3 is 2. The van der Waals surface area contributed by atoms with Crippen molar-refractivity contribution in [2.75, 3.05) is 19.5 Å². The summed E-state index contributed by atoms with van der Waals surface area (Å²) < 4.78 is 22.4. The molecule has 0 aliphatic heterocycles. The van der Waals surface area contributed by atoms with E-state index in [0.717, 1.165) is 0 Å². The molecule has 0 aliphatic rings. The fourth-order valence-corrected chi connectivity index (χ4v) is 1.25. The average Bonchev–Trinajstić information content (AvgIpc) is 2.30. The maximum Gasteiger partial charge on any atom is 0.327 e. The molecule has 0 aromatic heterocycles. The minimum absolute atomic E-state index is 0.343. The predicted molar refractivity (Wildman–Crippen MR) is 58.1 cm³/mol. The Labute approximate surface area is 93.4 Å². The van der Waals surface area contributed by atoms with Crippen LogP contribution in [0, 0.1) is 5.82 Å². The molecule has 0 saturated carbocycles. The largest absolute Gasteiger partial charge is 0.494 e. The topological polar surface area (TPSA) is 47.6 Å². The molecule has 0 unspecified atom stereocenters. The SMILES string of the molecule is COC(=O)[C@@H](C)Nc1ccc(F)cc1OC. The first-order valence-corrected chi connectivity index (χ1v) is 4.76. The number of anilines is 1. The van der Waals surface area contributed by atoms with Gasteiger partial charge in [0, 0.05) is 6.07 Å². The Bertz CT molecular complexity index is 381. The zero-order valence-corrected chi connectivity index (χ0v) is 9.41. The standard InChI is InChI=1S/C11H14FNO3/c1-7(11(14)16-3)13-9-5-4-8(12)6-10(9)15-2/h4-7,13H,1-3H3/t7-/m1/s1. The van der Waals surface area contributed by atoms with E-state index in [1.54, 1.807) is 6.92 Å². The molecule has 0 bridgehead atoms. The Morgan fingerprint density at radius 2 is 2.12 bits per heavy atom. The first-order chi connectivity index (χ1) is 7.58. The number of halogens is 1. The summed E-state index contributed by atoms with van der Waals surface area (Å²) in [5.74, 6) is -0.449. The third-order valence-corrected chi connectivity index (χ3v) is 2.09. The number of carbonyl (C=O) groups is 1. The molecule has 0 fully saturated rings. The highest BCUT2D eigenvalue weighted by molar-refractivity contribution is 5.79. The number of ether oxygens (including phenoxy) is 2. The second-order valence-corrected chi connectivity index (χ2v) is 3.23. The molecule has 1 aromatic rings. The summed E-state index contributed by atoms with van der Waals surface area (Å²) in [6.45, 7) is 1.65. The maximum atomic E-state index is 12.9. The third kappa shape index (κ3) is 2.85. The van der Waals surface area contributed by atoms with Crippen molar-refractivity contribution in [2.45, 2.75) is 13.0 Å². The first-order valence-electron chi connectivity index (χ1n) is 4.76. The lowest BCUT2D eigenvalue weighted by Gasteiger charge is -2.15. The Kier molecular flexibility index (Phi) is 4.10. The highest BCUT2D eigenvalue weighted by Gasteiger charge is 2.14. The summed E-state index contributed by atoms with van der Waals surface area (Å²) in [5, 5.41) is 2.87. The molecule has 0 heterocycles. The molecule has 0 aliphatic carbocycles. The van der Waals surface area contributed by atoms with Crippen molar-refractivity contribution in [3.05, 3.63) is 24.0 Å². The highest BCUT2D eigenvalue weighted by Crippen LogP contribution is 2.25. The summed E-state index contributed by atoms with van der Waals surface area (Å²) in [6.07, 6.45) is 0. The number of hydrogen-bond donors (Lipinski definition) is 1. The number of benzene rings is 1. The maximum absolute atomic E-state index is 12.9. The molecule has 1 aromatic carbocycles. The van der Waals surface area contributed by atoms with Gasteiger partial charge in [-0.3, -0.25) is 0 Å². The van der Waals surface area contributed by atoms with Crippen molar-refractivity contribution in [2.24, 2.45) is 0 Å². The van der Waals surface area contributed by atoms with Crippen molar-refractivity contribution < 1.29 is 18.7 Å². The Morgan fingerprint density at radius 3 is 2.69 bits per heavy atom. The quantitative estimate of drug-likeness (QED) is 0.797. The molecule has 88 valence electrons. The molecule has 1 atom stereocenters. The van der Waals surface area contributed by atoms with Gasteiger partial charge in [0.15, 0.2) is 0 Å². The Hall–Kier alpha value is -1.78. The molecule has 0 amide bonds. The smallest absolute Gasteiger partial charge is 0.327 e. The van der Waals surface area contributed by atoms with Gasteiger partial charge in [-0.1, -0.05) is 0 Å². The van der Waals surface area contributed by atoms with Gasteiger partial charge in [0.05, 0.1) is 19.9 Å². The van der Waals surface area contributed by atoms with Gasteiger partial charge in [0.1, 0.15) is 17.6 Å². The van der Waals surface area contributed by atoms with Gasteiger partial charge in [0.2, 0.25) is 0 Å². The van der Waals surface area contributed by atoms with Crippen LogP contribution in [0.2, 0.25) is 0 Å². The van der Waals surface area contributed by atoms with E-state index in [1.807, 2.05) is 0 Å². The van der Waals surface area contributed by atoms with Crippen LogP contribution in [-0.2, 0) is 9.53 Å². The van der Waals surface area contributed by atoms with E-state index >= 15 is 0 Å². The van der Waals surface area contributed by atoms with Crippen LogP contribution in [0.5, 0.6) is 5.75 Å². The van der Waals surface area contributed by atoms with Gasteiger partial charge in [-0.25, -0.2) is 9.18 Å². The first kappa shape index (κ1) is 12.3. The van der Waals surface area contributed by atoms with Crippen LogP contribution in [0.4, 0.5) is 10.1 Å². The summed E-state index contributed by atoms with van der Waals surface area (Å²) in [5.41, 5.74) is 0.543. The van der Waals surface area contributed by atoms with Crippen LogP contribution < -0.4 is 10.1 Å². The molecule has 16 heavy (non-hydrogen) atoms. The van der Waals surface area contributed by atoms with Gasteiger partial charge in [-0.2, -0.15) is 0 Å². The highest BCUT2D eigenvalue weighted by atomic mass is 19.1. The lowest BCUT2D eigenvalue weighted by Crippen LogP contribution is -2.27. The Morgan fingerprint density at radius 1 is 1.44 bits per heavy atom. The number of rotatable bonds is 4. The van der Waals surface area contributed by atoms with Crippen molar-refractivity contribution in [3.8, 4) is 5.75 Å². The Balaban J connectivity index is 2.84. The van der Waals surface area contributed by atoms with Gasteiger partial charge in [-0.15, -0.1) is 0 Å². The summed E-state index contributed by atoms with van der Waals surface area (Å²) in [7, 11) is 2.74. The number of nitrogens with one attached hydrogen (secondary N) is 1. The summed E-state index contributed by atoms with van der Waals surface area (Å²) in [4.78, 5) is 11.2. The van der Waals surface area contributed by atoms with E-state index < -0.39 is 17.8 Å². The van der Waals surface area contributed by atoms with Crippen molar-refractivity contribution in [1.82, 2.24) is 0 Å². The van der Waals surface area contributed by atoms with E-state index in [0.29, 0.717) is 11.4 Å². The van der Waals surface area contributed by atoms with Crippen LogP contribution in [-0.4, -0.2) is 26.2 Å². The number of esters is 1. The van der Waals surface area contributed by atoms with Crippen LogP contribution in [0.1, 0.15) is 6.92 Å². The molecule has 0 saturated heterocycles. The molecular formula is C11H14FNO3. The molecule has 5 heteroatoms. The predicted octanol–water partition coefficient (Wildman–Crippen LogP) is 1.81. The van der Waals surface area contributed by atoms with E-state index in [-0.39, 0.29) is 0 Å². The van der Waals surface area contributed by atoms with Crippen molar-refractivity contribution >= 4 is 11.7 Å². The van der Waals surface area contributed by atoms with E-state index in [9.17, 15) is 9.18 Å². The molecular weight excluding hydrogens is 213 g/mol. The second-order valence-electron chi connectivity index (χ2n) is 3.23. The minimum atomic E-state index is -0.524. The zero-order chi connectivity index (χ0) is 12.1. The van der Waals surface area contributed by atoms with E-state index in [4.69, 9.17) is 4.74 Å². The van der Waals surface area contributed by atoms with Gasteiger partial charge in [0.25, 0.3) is 0 Å².